The molecule has 21 heteroatoms. The first-order valence-corrected chi connectivity index (χ1v) is 25.6. The summed E-state index contributed by atoms with van der Waals surface area (Å²) in [6, 6.07) is 9.07. The number of anilines is 2. The summed E-state index contributed by atoms with van der Waals surface area (Å²) in [5, 5.41) is 19.2. The highest BCUT2D eigenvalue weighted by Gasteiger charge is 2.45. The van der Waals surface area contributed by atoms with Crippen LogP contribution < -0.4 is 26.5 Å². The lowest BCUT2D eigenvalue weighted by Gasteiger charge is -2.41. The summed E-state index contributed by atoms with van der Waals surface area (Å²) >= 11 is 0. The molecule has 1 aliphatic carbocycles. The van der Waals surface area contributed by atoms with E-state index >= 15 is 13.2 Å². The number of carbonyl (C=O) groups is 6. The van der Waals surface area contributed by atoms with Crippen LogP contribution in [0.1, 0.15) is 123 Å². The molecule has 1 unspecified atom stereocenters. The third kappa shape index (κ3) is 10.3. The maximum absolute atomic E-state index is 16.4. The van der Waals surface area contributed by atoms with Gasteiger partial charge < -0.3 is 30.3 Å². The average molecular weight is 1050 g/mol. The van der Waals surface area contributed by atoms with E-state index in [0.717, 1.165) is 28.7 Å². The van der Waals surface area contributed by atoms with Crippen molar-refractivity contribution in [1.29, 1.82) is 0 Å². The summed E-state index contributed by atoms with van der Waals surface area (Å²) < 4.78 is 54.1. The Labute approximate surface area is 436 Å². The van der Waals surface area contributed by atoms with Crippen molar-refractivity contribution in [2.45, 2.75) is 117 Å². The van der Waals surface area contributed by atoms with Gasteiger partial charge in [0.2, 0.25) is 17.7 Å². The molecule has 18 nitrogen and oxygen atoms in total. The molecule has 2 aromatic heterocycles. The van der Waals surface area contributed by atoms with Crippen LogP contribution in [-0.2, 0) is 25.7 Å². The summed E-state index contributed by atoms with van der Waals surface area (Å²) in [4.78, 5) is 105. The monoisotopic (exact) mass is 1050 g/mol. The normalized spacial score (nSPS) is 20.1. The molecule has 0 radical (unpaired) electrons. The van der Waals surface area contributed by atoms with Gasteiger partial charge in [0, 0.05) is 51.1 Å². The number of piperazine rings is 1. The minimum absolute atomic E-state index is 0.0211. The van der Waals surface area contributed by atoms with E-state index < -0.39 is 87.6 Å². The molecule has 400 valence electrons. The predicted octanol–water partition coefficient (Wildman–Crippen LogP) is 7.38. The first-order valence-electron chi connectivity index (χ1n) is 25.6. The number of ether oxygens (including phenoxy) is 1. The van der Waals surface area contributed by atoms with Crippen molar-refractivity contribution >= 4 is 58.2 Å². The topological polar surface area (TPSA) is 225 Å². The fourth-order valence-corrected chi connectivity index (χ4v) is 10.8. The van der Waals surface area contributed by atoms with Gasteiger partial charge in [-0.05, 0) is 126 Å². The summed E-state index contributed by atoms with van der Waals surface area (Å²) in [5.74, 6) is -6.46. The number of fused-ring (bicyclic) bond motifs is 2. The number of phenolic OH excluding ortho intramolecular Hbond substituents is 1. The standard InChI is InChI=1S/C55H60F3N9O9/c1-27(2)33-20-31(25-60-49(70)32-13-11-30(12-14-32)24-59-40-23-35-34(21-38(40)57)51(72)66(52(35)73)41-15-16-43(69)61-50(41)71)19-28(3)46(33)67-48-36(22-39(58)45(62-48)44-37(56)9-8-10-42(44)68)47(63-53(67)74)65-18-17-64(26-29(65)4)54(75)76-55(5,6)7/h8-10,19-23,27,29-30,32,41,59,68H,11-18,24-26H2,1-7H3,(H,60,70)(H,61,69,71)/t29-,30?,32?,41?/m0/s1. The number of rotatable bonds is 11. The lowest BCUT2D eigenvalue weighted by molar-refractivity contribution is -0.136. The molecule has 6 amide bonds. The smallest absolute Gasteiger partial charge is 0.410 e. The van der Waals surface area contributed by atoms with Crippen molar-refractivity contribution < 1.29 is 51.8 Å². The van der Waals surface area contributed by atoms with Gasteiger partial charge in [-0.2, -0.15) is 4.98 Å². The third-order valence-corrected chi connectivity index (χ3v) is 14.6. The van der Waals surface area contributed by atoms with Crippen LogP contribution in [0.2, 0.25) is 0 Å². The summed E-state index contributed by atoms with van der Waals surface area (Å²) in [6.45, 7) is 13.9. The highest BCUT2D eigenvalue weighted by molar-refractivity contribution is 6.23. The lowest BCUT2D eigenvalue weighted by Crippen LogP contribution is -2.55. The van der Waals surface area contributed by atoms with E-state index in [1.165, 1.54) is 22.8 Å². The fourth-order valence-electron chi connectivity index (χ4n) is 10.8. The molecule has 4 N–H and O–H groups in total. The number of halogens is 3. The van der Waals surface area contributed by atoms with Gasteiger partial charge in [0.05, 0.1) is 33.5 Å². The number of phenols is 1. The van der Waals surface area contributed by atoms with Crippen LogP contribution >= 0.6 is 0 Å². The molecule has 4 aliphatic rings. The lowest BCUT2D eigenvalue weighted by atomic mass is 9.81. The van der Waals surface area contributed by atoms with E-state index in [0.29, 0.717) is 49.0 Å². The van der Waals surface area contributed by atoms with Crippen LogP contribution in [0, 0.1) is 36.2 Å². The van der Waals surface area contributed by atoms with Gasteiger partial charge in [0.1, 0.15) is 40.5 Å². The molecule has 0 spiro atoms. The second-order valence-electron chi connectivity index (χ2n) is 21.5. The molecule has 3 fully saturated rings. The number of aromatic nitrogens is 3. The zero-order valence-electron chi connectivity index (χ0n) is 43.3. The Balaban J connectivity index is 0.913. The average Bonchev–Trinajstić information content (AvgIpc) is 3.62. The van der Waals surface area contributed by atoms with Crippen LogP contribution in [0.4, 0.5) is 29.5 Å². The summed E-state index contributed by atoms with van der Waals surface area (Å²) in [5.41, 5.74) is -0.272. The highest BCUT2D eigenvalue weighted by Crippen LogP contribution is 2.39. The third-order valence-electron chi connectivity index (χ3n) is 14.6. The Morgan fingerprint density at radius 2 is 1.61 bits per heavy atom. The number of hydrogen-bond acceptors (Lipinski definition) is 13. The molecule has 5 heterocycles. The number of benzene rings is 3. The minimum Gasteiger partial charge on any atom is -0.507 e. The van der Waals surface area contributed by atoms with E-state index in [4.69, 9.17) is 4.74 Å². The summed E-state index contributed by atoms with van der Waals surface area (Å²) in [7, 11) is 0. The SMILES string of the molecule is Cc1cc(CNC(=O)C2CCC(CNc3cc4c(cc3F)C(=O)N(C3CCC(=O)NC3=O)C4=O)CC2)cc(C(C)C)c1-n1c(=O)nc(N2CCN(C(=O)OC(C)(C)C)C[C@@H]2C)c2cc(F)c(-c3c(O)cccc3F)nc21. The number of imide groups is 2. The number of hydrogen-bond donors (Lipinski definition) is 4. The van der Waals surface area contributed by atoms with Gasteiger partial charge in [0.25, 0.3) is 11.8 Å². The van der Waals surface area contributed by atoms with E-state index in [-0.39, 0.29) is 96.3 Å². The molecule has 2 saturated heterocycles. The van der Waals surface area contributed by atoms with Crippen LogP contribution in [-0.4, -0.2) is 109 Å². The molecule has 2 atom stereocenters. The van der Waals surface area contributed by atoms with Gasteiger partial charge in [-0.15, -0.1) is 0 Å². The van der Waals surface area contributed by atoms with Crippen LogP contribution in [0.5, 0.6) is 5.75 Å². The number of nitrogens with zero attached hydrogens (tertiary/aromatic N) is 6. The summed E-state index contributed by atoms with van der Waals surface area (Å²) in [6.07, 6.45) is 1.86. The Morgan fingerprint density at radius 1 is 0.895 bits per heavy atom. The molecule has 5 aromatic rings. The van der Waals surface area contributed by atoms with Crippen LogP contribution in [0.25, 0.3) is 28.0 Å². The van der Waals surface area contributed by atoms with Crippen molar-refractivity contribution in [2.24, 2.45) is 11.8 Å². The van der Waals surface area contributed by atoms with E-state index in [1.807, 2.05) is 32.9 Å². The van der Waals surface area contributed by atoms with Crippen molar-refractivity contribution in [3.63, 3.8) is 0 Å². The van der Waals surface area contributed by atoms with Crippen LogP contribution in [0.3, 0.4) is 0 Å². The Hall–Kier alpha value is -7.84. The first kappa shape index (κ1) is 53.0. The number of piperidine rings is 1. The molecule has 1 saturated carbocycles. The van der Waals surface area contributed by atoms with E-state index in [2.05, 4.69) is 25.9 Å². The fraction of sp³-hybridized carbons (Fsp3) is 0.436. The molecular formula is C55H60F3N9O9. The Morgan fingerprint density at radius 3 is 2.26 bits per heavy atom. The molecule has 3 aromatic carbocycles. The Bertz CT molecular complexity index is 3270. The minimum atomic E-state index is -1.17. The zero-order valence-corrected chi connectivity index (χ0v) is 43.3. The largest absolute Gasteiger partial charge is 0.507 e. The molecule has 3 aliphatic heterocycles. The number of nitrogens with one attached hydrogen (secondary N) is 3. The first-order chi connectivity index (χ1) is 36.0. The number of pyridine rings is 1. The second-order valence-corrected chi connectivity index (χ2v) is 21.5. The predicted molar refractivity (Wildman–Crippen MR) is 274 cm³/mol. The van der Waals surface area contributed by atoms with Crippen molar-refractivity contribution in [1.82, 2.24) is 35.0 Å². The van der Waals surface area contributed by atoms with Crippen molar-refractivity contribution in [3.05, 3.63) is 104 Å². The number of carbonyl (C=O) groups excluding carboxylic acids is 6. The molecule has 9 rings (SSSR count). The molecule has 0 bridgehead atoms. The maximum atomic E-state index is 16.4. The second kappa shape index (κ2) is 20.7. The van der Waals surface area contributed by atoms with Crippen molar-refractivity contribution in [2.75, 3.05) is 36.4 Å². The van der Waals surface area contributed by atoms with Gasteiger partial charge in [-0.25, -0.2) is 32.3 Å². The van der Waals surface area contributed by atoms with Crippen LogP contribution in [0.15, 0.2) is 53.3 Å². The van der Waals surface area contributed by atoms with Crippen molar-refractivity contribution in [3.8, 4) is 22.7 Å². The number of aromatic hydroxyl groups is 1. The number of amides is 6. The van der Waals surface area contributed by atoms with Gasteiger partial charge in [-0.1, -0.05) is 32.0 Å². The Kier molecular flexibility index (Phi) is 14.4. The van der Waals surface area contributed by atoms with E-state index in [1.54, 1.807) is 37.5 Å². The molecular weight excluding hydrogens is 988 g/mol. The highest BCUT2D eigenvalue weighted by atomic mass is 19.1. The maximum Gasteiger partial charge on any atom is 0.410 e. The quantitative estimate of drug-likeness (QED) is 0.0949. The van der Waals surface area contributed by atoms with Gasteiger partial charge in [0.15, 0.2) is 11.5 Å². The number of aryl methyl sites for hydroxylation is 1. The van der Waals surface area contributed by atoms with Gasteiger partial charge >= 0.3 is 11.8 Å². The van der Waals surface area contributed by atoms with E-state index in [9.17, 15) is 38.7 Å². The van der Waals surface area contributed by atoms with Gasteiger partial charge in [-0.3, -0.25) is 34.2 Å². The molecule has 76 heavy (non-hydrogen) atoms. The zero-order chi connectivity index (χ0) is 54.7.